The van der Waals surface area contributed by atoms with Crippen molar-refractivity contribution >= 4 is 22.5 Å². The fourth-order valence-corrected chi connectivity index (χ4v) is 3.93. The van der Waals surface area contributed by atoms with E-state index in [2.05, 4.69) is 28.6 Å². The minimum Gasteiger partial charge on any atom is -0.358 e. The van der Waals surface area contributed by atoms with Gasteiger partial charge in [-0.3, -0.25) is 4.79 Å². The molecule has 1 aliphatic rings. The monoisotopic (exact) mass is 358 g/mol. The van der Waals surface area contributed by atoms with Crippen LogP contribution in [0.1, 0.15) is 40.5 Å². The van der Waals surface area contributed by atoms with Crippen LogP contribution in [-0.4, -0.2) is 23.5 Å². The zero-order chi connectivity index (χ0) is 18.8. The average Bonchev–Trinajstić information content (AvgIpc) is 3.05. The molecule has 0 spiro atoms. The number of nitrogens with zero attached hydrogens (tertiary/aromatic N) is 1. The van der Waals surface area contributed by atoms with Crippen molar-refractivity contribution in [2.24, 2.45) is 0 Å². The van der Waals surface area contributed by atoms with Crippen LogP contribution in [0.5, 0.6) is 0 Å². The SMILES string of the molecule is CCNC1CCc2[nH]c3ccc(NC(=O)c4ccccc4C#N)cc3c2C1. The molecule has 1 aromatic heterocycles. The number of hydrogen-bond donors (Lipinski definition) is 3. The first kappa shape index (κ1) is 17.3. The molecular formula is C22H22N4O. The molecule has 1 heterocycles. The van der Waals surface area contributed by atoms with E-state index in [-0.39, 0.29) is 5.91 Å². The van der Waals surface area contributed by atoms with Gasteiger partial charge in [-0.1, -0.05) is 19.1 Å². The highest BCUT2D eigenvalue weighted by Crippen LogP contribution is 2.31. The quantitative estimate of drug-likeness (QED) is 0.664. The number of amides is 1. The number of hydrogen-bond acceptors (Lipinski definition) is 3. The third-order valence-corrected chi connectivity index (χ3v) is 5.23. The van der Waals surface area contributed by atoms with Gasteiger partial charge in [0, 0.05) is 28.3 Å². The summed E-state index contributed by atoms with van der Waals surface area (Å²) >= 11 is 0. The summed E-state index contributed by atoms with van der Waals surface area (Å²) in [6, 6.07) is 15.4. The minimum absolute atomic E-state index is 0.263. The molecule has 0 aliphatic heterocycles. The second-order valence-electron chi connectivity index (χ2n) is 6.95. The smallest absolute Gasteiger partial charge is 0.257 e. The van der Waals surface area contributed by atoms with Gasteiger partial charge in [-0.2, -0.15) is 5.26 Å². The van der Waals surface area contributed by atoms with Crippen LogP contribution in [0.2, 0.25) is 0 Å². The first-order valence-electron chi connectivity index (χ1n) is 9.37. The van der Waals surface area contributed by atoms with Gasteiger partial charge in [0.2, 0.25) is 0 Å². The molecule has 0 radical (unpaired) electrons. The van der Waals surface area contributed by atoms with Gasteiger partial charge in [0.25, 0.3) is 5.91 Å². The highest BCUT2D eigenvalue weighted by atomic mass is 16.1. The Kier molecular flexibility index (Phi) is 4.66. The molecule has 1 amide bonds. The van der Waals surface area contributed by atoms with E-state index in [4.69, 9.17) is 0 Å². The van der Waals surface area contributed by atoms with Crippen LogP contribution in [-0.2, 0) is 12.8 Å². The van der Waals surface area contributed by atoms with Crippen LogP contribution < -0.4 is 10.6 Å². The number of aromatic amines is 1. The molecule has 3 aromatic rings. The van der Waals surface area contributed by atoms with Gasteiger partial charge in [0.1, 0.15) is 0 Å². The average molecular weight is 358 g/mol. The molecule has 0 saturated heterocycles. The van der Waals surface area contributed by atoms with Crippen LogP contribution in [0.3, 0.4) is 0 Å². The number of aromatic nitrogens is 1. The highest BCUT2D eigenvalue weighted by molar-refractivity contribution is 6.06. The predicted octanol–water partition coefficient (Wildman–Crippen LogP) is 3.76. The first-order valence-corrected chi connectivity index (χ1v) is 9.37. The van der Waals surface area contributed by atoms with Gasteiger partial charge in [0.05, 0.1) is 17.2 Å². The Morgan fingerprint density at radius 2 is 2.15 bits per heavy atom. The van der Waals surface area contributed by atoms with Crippen molar-refractivity contribution in [2.75, 3.05) is 11.9 Å². The van der Waals surface area contributed by atoms with E-state index in [1.54, 1.807) is 24.3 Å². The Morgan fingerprint density at radius 1 is 1.30 bits per heavy atom. The summed E-state index contributed by atoms with van der Waals surface area (Å²) in [6.45, 7) is 3.11. The zero-order valence-corrected chi connectivity index (χ0v) is 15.3. The number of H-pyrrole nitrogens is 1. The maximum Gasteiger partial charge on any atom is 0.257 e. The molecule has 0 bridgehead atoms. The molecule has 1 unspecified atom stereocenters. The van der Waals surface area contributed by atoms with E-state index in [0.717, 1.165) is 37.0 Å². The summed E-state index contributed by atoms with van der Waals surface area (Å²) in [7, 11) is 0. The standard InChI is InChI=1S/C22H22N4O/c1-2-24-15-7-9-20-18(11-15)19-12-16(8-10-21(19)26-20)25-22(27)17-6-4-3-5-14(17)13-23/h3-6,8,10,12,15,24,26H,2,7,9,11H2,1H3,(H,25,27). The van der Waals surface area contributed by atoms with Crippen LogP contribution in [0.15, 0.2) is 42.5 Å². The fourth-order valence-electron chi connectivity index (χ4n) is 3.93. The third-order valence-electron chi connectivity index (χ3n) is 5.23. The lowest BCUT2D eigenvalue weighted by atomic mass is 9.91. The summed E-state index contributed by atoms with van der Waals surface area (Å²) in [5, 5.41) is 16.9. The summed E-state index contributed by atoms with van der Waals surface area (Å²) in [5.41, 5.74) is 5.26. The number of aryl methyl sites for hydroxylation is 1. The van der Waals surface area contributed by atoms with Gasteiger partial charge in [-0.05, 0) is 61.7 Å². The van der Waals surface area contributed by atoms with E-state index in [9.17, 15) is 10.1 Å². The maximum absolute atomic E-state index is 12.6. The lowest BCUT2D eigenvalue weighted by Crippen LogP contribution is -2.34. The number of carbonyl (C=O) groups excluding carboxylic acids is 1. The number of likely N-dealkylation sites (N-methyl/N-ethyl adjacent to an activating group) is 1. The van der Waals surface area contributed by atoms with Crippen LogP contribution in [0.25, 0.3) is 10.9 Å². The number of rotatable bonds is 4. The van der Waals surface area contributed by atoms with Crippen molar-refractivity contribution in [1.82, 2.24) is 10.3 Å². The number of nitrogens with one attached hydrogen (secondary N) is 3. The molecule has 1 atom stereocenters. The predicted molar refractivity (Wildman–Crippen MR) is 107 cm³/mol. The maximum atomic E-state index is 12.6. The Balaban J connectivity index is 1.63. The molecule has 4 rings (SSSR count). The van der Waals surface area contributed by atoms with Gasteiger partial charge in [-0.25, -0.2) is 0 Å². The molecule has 0 fully saturated rings. The normalized spacial score (nSPS) is 15.9. The number of benzene rings is 2. The number of carbonyl (C=O) groups is 1. The lowest BCUT2D eigenvalue weighted by molar-refractivity contribution is 0.102. The van der Waals surface area contributed by atoms with Crippen LogP contribution in [0, 0.1) is 11.3 Å². The molecular weight excluding hydrogens is 336 g/mol. The van der Waals surface area contributed by atoms with E-state index in [1.165, 1.54) is 16.6 Å². The second kappa shape index (κ2) is 7.26. The van der Waals surface area contributed by atoms with Crippen molar-refractivity contribution in [3.05, 3.63) is 64.8 Å². The molecule has 3 N–H and O–H groups in total. The van der Waals surface area contributed by atoms with Gasteiger partial charge in [-0.15, -0.1) is 0 Å². The van der Waals surface area contributed by atoms with Crippen molar-refractivity contribution in [3.63, 3.8) is 0 Å². The van der Waals surface area contributed by atoms with Gasteiger partial charge < -0.3 is 15.6 Å². The van der Waals surface area contributed by atoms with Crippen molar-refractivity contribution < 1.29 is 4.79 Å². The highest BCUT2D eigenvalue weighted by Gasteiger charge is 2.22. The van der Waals surface area contributed by atoms with Crippen molar-refractivity contribution in [2.45, 2.75) is 32.2 Å². The summed E-state index contributed by atoms with van der Waals surface area (Å²) in [4.78, 5) is 16.1. The molecule has 0 saturated carbocycles. The van der Waals surface area contributed by atoms with Crippen LogP contribution in [0.4, 0.5) is 5.69 Å². The first-order chi connectivity index (χ1) is 13.2. The summed E-state index contributed by atoms with van der Waals surface area (Å²) in [5.74, 6) is -0.263. The zero-order valence-electron chi connectivity index (χ0n) is 15.3. The van der Waals surface area contributed by atoms with Crippen LogP contribution >= 0.6 is 0 Å². The molecule has 5 nitrogen and oxygen atoms in total. The summed E-state index contributed by atoms with van der Waals surface area (Å²) in [6.07, 6.45) is 3.18. The molecule has 1 aliphatic carbocycles. The Bertz CT molecular complexity index is 1040. The second-order valence-corrected chi connectivity index (χ2v) is 6.95. The Labute approximate surface area is 158 Å². The van der Waals surface area contributed by atoms with Gasteiger partial charge >= 0.3 is 0 Å². The molecule has 136 valence electrons. The number of anilines is 1. The van der Waals surface area contributed by atoms with Crippen molar-refractivity contribution in [3.8, 4) is 6.07 Å². The number of fused-ring (bicyclic) bond motifs is 3. The Hall–Kier alpha value is -3.10. The molecule has 2 aromatic carbocycles. The minimum atomic E-state index is -0.263. The van der Waals surface area contributed by atoms with E-state index in [0.29, 0.717) is 17.2 Å². The topological polar surface area (TPSA) is 80.7 Å². The van der Waals surface area contributed by atoms with Gasteiger partial charge in [0.15, 0.2) is 0 Å². The van der Waals surface area contributed by atoms with E-state index in [1.807, 2.05) is 18.2 Å². The van der Waals surface area contributed by atoms with E-state index >= 15 is 0 Å². The lowest BCUT2D eigenvalue weighted by Gasteiger charge is -2.23. The largest absolute Gasteiger partial charge is 0.358 e. The third kappa shape index (κ3) is 3.32. The Morgan fingerprint density at radius 3 is 2.96 bits per heavy atom. The van der Waals surface area contributed by atoms with E-state index < -0.39 is 0 Å². The van der Waals surface area contributed by atoms with Crippen molar-refractivity contribution in [1.29, 1.82) is 5.26 Å². The summed E-state index contributed by atoms with van der Waals surface area (Å²) < 4.78 is 0. The molecule has 27 heavy (non-hydrogen) atoms. The number of nitriles is 1. The molecule has 5 heteroatoms. The fraction of sp³-hybridized carbons (Fsp3) is 0.273.